The first-order valence-corrected chi connectivity index (χ1v) is 5.16. The average Bonchev–Trinajstić information content (AvgIpc) is 2.81. The molecule has 2 heteroatoms. The summed E-state index contributed by atoms with van der Waals surface area (Å²) in [4.78, 5) is 2.52. The van der Waals surface area contributed by atoms with Crippen LogP contribution in [0.15, 0.2) is 0 Å². The maximum atomic E-state index is 9.52. The second-order valence-corrected chi connectivity index (χ2v) is 4.54. The minimum atomic E-state index is -0.0412. The number of nitrogens with zero attached hydrogens (tertiary/aromatic N) is 1. The zero-order valence-corrected chi connectivity index (χ0v) is 7.87. The minimum Gasteiger partial charge on any atom is -0.393 e. The first-order chi connectivity index (χ1) is 5.75. The summed E-state index contributed by atoms with van der Waals surface area (Å²) in [5, 5.41) is 9.52. The summed E-state index contributed by atoms with van der Waals surface area (Å²) in [6.45, 7) is 5.67. The smallest absolute Gasteiger partial charge is 0.0590 e. The van der Waals surface area contributed by atoms with Crippen LogP contribution in [0.2, 0.25) is 0 Å². The van der Waals surface area contributed by atoms with Crippen molar-refractivity contribution < 1.29 is 5.11 Å². The molecule has 0 spiro atoms. The van der Waals surface area contributed by atoms with Crippen molar-refractivity contribution >= 4 is 0 Å². The lowest BCUT2D eigenvalue weighted by atomic mass is 9.96. The fourth-order valence-corrected chi connectivity index (χ4v) is 2.05. The monoisotopic (exact) mass is 169 g/mol. The number of rotatable bonds is 2. The molecule has 2 fully saturated rings. The van der Waals surface area contributed by atoms with Crippen molar-refractivity contribution in [2.45, 2.75) is 32.3 Å². The van der Waals surface area contributed by atoms with Gasteiger partial charge < -0.3 is 10.0 Å². The first kappa shape index (κ1) is 8.52. The van der Waals surface area contributed by atoms with E-state index in [1.165, 1.54) is 19.4 Å². The van der Waals surface area contributed by atoms with E-state index in [2.05, 4.69) is 11.8 Å². The molecule has 0 bridgehead atoms. The van der Waals surface area contributed by atoms with E-state index >= 15 is 0 Å². The quantitative estimate of drug-likeness (QED) is 0.669. The van der Waals surface area contributed by atoms with Crippen LogP contribution in [0.3, 0.4) is 0 Å². The largest absolute Gasteiger partial charge is 0.393 e. The second-order valence-electron chi connectivity index (χ2n) is 4.54. The molecule has 2 rings (SSSR count). The molecule has 0 aromatic heterocycles. The Hall–Kier alpha value is -0.0800. The summed E-state index contributed by atoms with van der Waals surface area (Å²) >= 11 is 0. The fraction of sp³-hybridized carbons (Fsp3) is 1.00. The molecule has 2 nitrogen and oxygen atoms in total. The van der Waals surface area contributed by atoms with Crippen LogP contribution in [0.4, 0.5) is 0 Å². The maximum Gasteiger partial charge on any atom is 0.0590 e. The third-order valence-electron chi connectivity index (χ3n) is 3.16. The van der Waals surface area contributed by atoms with Crippen molar-refractivity contribution in [3.8, 4) is 0 Å². The van der Waals surface area contributed by atoms with Gasteiger partial charge >= 0.3 is 0 Å². The van der Waals surface area contributed by atoms with E-state index in [0.29, 0.717) is 5.92 Å². The second kappa shape index (κ2) is 3.35. The van der Waals surface area contributed by atoms with E-state index in [1.807, 2.05) is 0 Å². The highest BCUT2D eigenvalue weighted by Crippen LogP contribution is 2.31. The zero-order chi connectivity index (χ0) is 8.55. The topological polar surface area (TPSA) is 23.5 Å². The lowest BCUT2D eigenvalue weighted by Gasteiger charge is -2.34. The lowest BCUT2D eigenvalue weighted by Crippen LogP contribution is -2.42. The van der Waals surface area contributed by atoms with Gasteiger partial charge in [0.25, 0.3) is 0 Å². The third kappa shape index (κ3) is 1.99. The molecule has 1 aliphatic heterocycles. The number of hydrogen-bond acceptors (Lipinski definition) is 2. The van der Waals surface area contributed by atoms with E-state index < -0.39 is 0 Å². The van der Waals surface area contributed by atoms with Gasteiger partial charge in [0.1, 0.15) is 0 Å². The number of likely N-dealkylation sites (tertiary alicyclic amines) is 1. The van der Waals surface area contributed by atoms with Crippen molar-refractivity contribution in [2.75, 3.05) is 19.6 Å². The Kier molecular flexibility index (Phi) is 2.37. The first-order valence-electron chi connectivity index (χ1n) is 5.16. The Morgan fingerprint density at radius 1 is 1.33 bits per heavy atom. The summed E-state index contributed by atoms with van der Waals surface area (Å²) in [5.41, 5.74) is 0. The molecule has 0 amide bonds. The summed E-state index contributed by atoms with van der Waals surface area (Å²) in [7, 11) is 0. The average molecular weight is 169 g/mol. The number of piperidine rings is 1. The van der Waals surface area contributed by atoms with E-state index in [0.717, 1.165) is 25.4 Å². The molecule has 2 aliphatic rings. The summed E-state index contributed by atoms with van der Waals surface area (Å²) in [5.74, 6) is 1.48. The summed E-state index contributed by atoms with van der Waals surface area (Å²) < 4.78 is 0. The Bertz CT molecular complexity index is 156. The molecule has 12 heavy (non-hydrogen) atoms. The van der Waals surface area contributed by atoms with Gasteiger partial charge in [-0.2, -0.15) is 0 Å². The van der Waals surface area contributed by atoms with Gasteiger partial charge in [0.05, 0.1) is 6.10 Å². The highest BCUT2D eigenvalue weighted by Gasteiger charge is 2.29. The van der Waals surface area contributed by atoms with E-state index in [4.69, 9.17) is 0 Å². The molecule has 70 valence electrons. The van der Waals surface area contributed by atoms with Crippen LogP contribution < -0.4 is 0 Å². The third-order valence-corrected chi connectivity index (χ3v) is 3.16. The molecule has 2 atom stereocenters. The van der Waals surface area contributed by atoms with Crippen molar-refractivity contribution in [1.29, 1.82) is 0 Å². The summed E-state index contributed by atoms with van der Waals surface area (Å²) in [6, 6.07) is 0. The van der Waals surface area contributed by atoms with E-state index in [1.54, 1.807) is 0 Å². The number of aliphatic hydroxyl groups is 1. The van der Waals surface area contributed by atoms with E-state index in [9.17, 15) is 5.11 Å². The van der Waals surface area contributed by atoms with Crippen molar-refractivity contribution in [3.63, 3.8) is 0 Å². The number of hydrogen-bond donors (Lipinski definition) is 1. The van der Waals surface area contributed by atoms with E-state index in [-0.39, 0.29) is 6.10 Å². The van der Waals surface area contributed by atoms with Crippen molar-refractivity contribution in [2.24, 2.45) is 11.8 Å². The molecule has 1 aliphatic carbocycles. The van der Waals surface area contributed by atoms with Crippen LogP contribution in [0, 0.1) is 11.8 Å². The van der Waals surface area contributed by atoms with Gasteiger partial charge in [0.2, 0.25) is 0 Å². The van der Waals surface area contributed by atoms with Crippen LogP contribution >= 0.6 is 0 Å². The number of aliphatic hydroxyl groups excluding tert-OH is 1. The standard InChI is InChI=1S/C10H19NO/c1-8-6-11(5-4-10(8)12)7-9-2-3-9/h8-10,12H,2-7H2,1H3/t8-,10-/m0/s1. The van der Waals surface area contributed by atoms with Gasteiger partial charge in [0, 0.05) is 19.6 Å². The minimum absolute atomic E-state index is 0.0412. The molecule has 0 aromatic rings. The molecule has 0 unspecified atom stereocenters. The van der Waals surface area contributed by atoms with Crippen molar-refractivity contribution in [1.82, 2.24) is 4.90 Å². The molecule has 0 aromatic carbocycles. The maximum absolute atomic E-state index is 9.52. The molecular formula is C10H19NO. The Morgan fingerprint density at radius 2 is 2.08 bits per heavy atom. The highest BCUT2D eigenvalue weighted by atomic mass is 16.3. The molecule has 1 N–H and O–H groups in total. The highest BCUT2D eigenvalue weighted by molar-refractivity contribution is 4.82. The molecule has 1 saturated carbocycles. The molecular weight excluding hydrogens is 150 g/mol. The van der Waals surface area contributed by atoms with Gasteiger partial charge in [-0.25, -0.2) is 0 Å². The van der Waals surface area contributed by atoms with Gasteiger partial charge in [-0.15, -0.1) is 0 Å². The lowest BCUT2D eigenvalue weighted by molar-refractivity contribution is 0.0334. The van der Waals surface area contributed by atoms with Crippen LogP contribution in [0.1, 0.15) is 26.2 Å². The predicted octanol–water partition coefficient (Wildman–Crippen LogP) is 1.10. The fourth-order valence-electron chi connectivity index (χ4n) is 2.05. The van der Waals surface area contributed by atoms with Gasteiger partial charge in [-0.3, -0.25) is 0 Å². The van der Waals surface area contributed by atoms with Crippen molar-refractivity contribution in [3.05, 3.63) is 0 Å². The molecule has 1 heterocycles. The van der Waals surface area contributed by atoms with Gasteiger partial charge in [-0.1, -0.05) is 6.92 Å². The van der Waals surface area contributed by atoms with Crippen LogP contribution in [-0.4, -0.2) is 35.7 Å². The zero-order valence-electron chi connectivity index (χ0n) is 7.87. The normalized spacial score (nSPS) is 38.5. The van der Waals surface area contributed by atoms with Gasteiger partial charge in [0.15, 0.2) is 0 Å². The molecule has 0 radical (unpaired) electrons. The Labute approximate surface area is 74.6 Å². The van der Waals surface area contributed by atoms with Crippen LogP contribution in [-0.2, 0) is 0 Å². The Balaban J connectivity index is 1.76. The Morgan fingerprint density at radius 3 is 2.67 bits per heavy atom. The van der Waals surface area contributed by atoms with Crippen LogP contribution in [0.5, 0.6) is 0 Å². The summed E-state index contributed by atoms with van der Waals surface area (Å²) in [6.07, 6.45) is 3.81. The van der Waals surface area contributed by atoms with Crippen LogP contribution in [0.25, 0.3) is 0 Å². The van der Waals surface area contributed by atoms with Gasteiger partial charge in [-0.05, 0) is 31.1 Å². The SMILES string of the molecule is C[C@H]1CN(CC2CC2)CC[C@@H]1O. The predicted molar refractivity (Wildman–Crippen MR) is 49.0 cm³/mol. The molecule has 1 saturated heterocycles.